The molecule has 0 aromatic carbocycles. The Labute approximate surface area is 67.8 Å². The van der Waals surface area contributed by atoms with E-state index < -0.39 is 0 Å². The van der Waals surface area contributed by atoms with E-state index in [1.807, 2.05) is 0 Å². The van der Waals surface area contributed by atoms with Crippen LogP contribution in [0.4, 0.5) is 0 Å². The predicted octanol–water partition coefficient (Wildman–Crippen LogP) is 3.09. The lowest BCUT2D eigenvalue weighted by Crippen LogP contribution is -2.23. The van der Waals surface area contributed by atoms with Gasteiger partial charge in [-0.2, -0.15) is 11.8 Å². The first kappa shape index (κ1) is 7.02. The van der Waals surface area contributed by atoms with Gasteiger partial charge in [-0.1, -0.05) is 19.3 Å². The van der Waals surface area contributed by atoms with E-state index in [4.69, 9.17) is 0 Å². The summed E-state index contributed by atoms with van der Waals surface area (Å²) in [5.74, 6) is 5.97. The van der Waals surface area contributed by atoms with Crippen LogP contribution in [-0.2, 0) is 0 Å². The summed E-state index contributed by atoms with van der Waals surface area (Å²) < 4.78 is 0. The fourth-order valence-corrected chi connectivity index (χ4v) is 3.37. The van der Waals surface area contributed by atoms with E-state index in [0.717, 1.165) is 11.8 Å². The molecule has 57 valence electrons. The minimum Gasteiger partial charge on any atom is -0.157 e. The average molecular weight is 155 g/mol. The third-order valence-electron chi connectivity index (χ3n) is 2.85. The van der Waals surface area contributed by atoms with Gasteiger partial charge in [0.1, 0.15) is 0 Å². The first-order valence-corrected chi connectivity index (χ1v) is 5.46. The maximum absolute atomic E-state index is 2.51. The number of hydrogen-bond donors (Lipinski definition) is 0. The summed E-state index contributed by atoms with van der Waals surface area (Å²) in [6, 6.07) is 0. The van der Waals surface area contributed by atoms with Crippen molar-refractivity contribution in [1.29, 1.82) is 0 Å². The largest absolute Gasteiger partial charge is 0.157 e. The minimum absolute atomic E-state index is 0.993. The molecule has 1 saturated heterocycles. The summed E-state index contributed by atoms with van der Waals surface area (Å²) in [6.45, 7) is 0. The molecular weight excluding hydrogens is 140 g/mol. The fraction of sp³-hybridized carbons (Fsp3) is 0.889. The van der Waals surface area contributed by atoms with Crippen molar-refractivity contribution in [2.45, 2.75) is 32.1 Å². The van der Waals surface area contributed by atoms with Crippen molar-refractivity contribution in [1.82, 2.24) is 0 Å². The van der Waals surface area contributed by atoms with Crippen molar-refractivity contribution >= 4 is 11.8 Å². The second-order valence-electron chi connectivity index (χ2n) is 3.50. The Morgan fingerprint density at radius 1 is 1.10 bits per heavy atom. The monoisotopic (exact) mass is 155 g/mol. The third kappa shape index (κ3) is 1.34. The molecule has 10 heavy (non-hydrogen) atoms. The molecular formula is C9H15S. The van der Waals surface area contributed by atoms with Crippen molar-refractivity contribution in [2.24, 2.45) is 11.8 Å². The van der Waals surface area contributed by atoms with Crippen LogP contribution in [0.25, 0.3) is 0 Å². The molecule has 0 amide bonds. The van der Waals surface area contributed by atoms with Gasteiger partial charge in [-0.3, -0.25) is 0 Å². The average Bonchev–Trinajstić information content (AvgIpc) is 2.05. The van der Waals surface area contributed by atoms with E-state index in [2.05, 4.69) is 17.5 Å². The third-order valence-corrected chi connectivity index (χ3v) is 3.86. The van der Waals surface area contributed by atoms with Crippen LogP contribution in [0.15, 0.2) is 0 Å². The summed E-state index contributed by atoms with van der Waals surface area (Å²) >= 11 is 2.06. The Morgan fingerprint density at radius 2 is 2.00 bits per heavy atom. The highest BCUT2D eigenvalue weighted by Gasteiger charge is 2.27. The fourth-order valence-electron chi connectivity index (χ4n) is 2.18. The molecule has 1 heterocycles. The molecule has 1 aliphatic carbocycles. The molecule has 2 atom stereocenters. The van der Waals surface area contributed by atoms with Crippen LogP contribution in [0.2, 0.25) is 0 Å². The predicted molar refractivity (Wildman–Crippen MR) is 46.8 cm³/mol. The molecule has 2 unspecified atom stereocenters. The van der Waals surface area contributed by atoms with Crippen molar-refractivity contribution in [3.8, 4) is 0 Å². The van der Waals surface area contributed by atoms with E-state index >= 15 is 0 Å². The van der Waals surface area contributed by atoms with Crippen LogP contribution < -0.4 is 0 Å². The van der Waals surface area contributed by atoms with Gasteiger partial charge in [0.15, 0.2) is 0 Å². The Morgan fingerprint density at radius 3 is 2.90 bits per heavy atom. The molecule has 0 N–H and O–H groups in total. The van der Waals surface area contributed by atoms with Crippen LogP contribution in [-0.4, -0.2) is 5.75 Å². The highest BCUT2D eigenvalue weighted by atomic mass is 32.2. The molecule has 0 aromatic rings. The zero-order valence-corrected chi connectivity index (χ0v) is 7.20. The minimum atomic E-state index is 0.993. The van der Waals surface area contributed by atoms with Crippen LogP contribution >= 0.6 is 11.8 Å². The van der Waals surface area contributed by atoms with Gasteiger partial charge in [-0.25, -0.2) is 0 Å². The van der Waals surface area contributed by atoms with Crippen LogP contribution in [0.1, 0.15) is 32.1 Å². The first-order chi connectivity index (χ1) is 4.97. The highest BCUT2D eigenvalue weighted by molar-refractivity contribution is 8.01. The molecule has 1 aliphatic heterocycles. The van der Waals surface area contributed by atoms with Gasteiger partial charge in [-0.15, -0.1) is 0 Å². The lowest BCUT2D eigenvalue weighted by Gasteiger charge is -2.34. The van der Waals surface area contributed by atoms with Gasteiger partial charge in [0, 0.05) is 5.75 Å². The van der Waals surface area contributed by atoms with Crippen molar-refractivity contribution in [2.75, 3.05) is 5.75 Å². The Bertz CT molecular complexity index is 85.3. The van der Waals surface area contributed by atoms with Crippen molar-refractivity contribution in [3.05, 3.63) is 5.75 Å². The summed E-state index contributed by atoms with van der Waals surface area (Å²) in [4.78, 5) is 0. The molecule has 2 rings (SSSR count). The normalized spacial score (nSPS) is 40.8. The molecule has 1 saturated carbocycles. The summed E-state index contributed by atoms with van der Waals surface area (Å²) in [5, 5.41) is 0. The Balaban J connectivity index is 1.93. The summed E-state index contributed by atoms with van der Waals surface area (Å²) in [6.07, 6.45) is 7.48. The molecule has 0 aromatic heterocycles. The zero-order valence-electron chi connectivity index (χ0n) is 6.38. The molecule has 1 radical (unpaired) electrons. The van der Waals surface area contributed by atoms with E-state index in [1.165, 1.54) is 37.9 Å². The first-order valence-electron chi connectivity index (χ1n) is 4.42. The van der Waals surface area contributed by atoms with E-state index in [-0.39, 0.29) is 0 Å². The van der Waals surface area contributed by atoms with E-state index in [0.29, 0.717) is 0 Å². The van der Waals surface area contributed by atoms with Gasteiger partial charge in [0.25, 0.3) is 0 Å². The topological polar surface area (TPSA) is 0 Å². The van der Waals surface area contributed by atoms with Crippen LogP contribution in [0, 0.1) is 17.6 Å². The second kappa shape index (κ2) is 3.17. The van der Waals surface area contributed by atoms with Gasteiger partial charge >= 0.3 is 0 Å². The van der Waals surface area contributed by atoms with Crippen LogP contribution in [0.5, 0.6) is 0 Å². The molecule has 1 heteroatoms. The van der Waals surface area contributed by atoms with Crippen molar-refractivity contribution < 1.29 is 0 Å². The number of hydrogen-bond acceptors (Lipinski definition) is 1. The maximum Gasteiger partial charge on any atom is 0.0200 e. The van der Waals surface area contributed by atoms with Crippen LogP contribution in [0.3, 0.4) is 0 Å². The van der Waals surface area contributed by atoms with Gasteiger partial charge in [0.2, 0.25) is 0 Å². The lowest BCUT2D eigenvalue weighted by molar-refractivity contribution is 0.266. The smallest absolute Gasteiger partial charge is 0.0200 e. The number of thioether (sulfide) groups is 1. The molecule has 0 nitrogen and oxygen atoms in total. The van der Waals surface area contributed by atoms with Gasteiger partial charge in [0.05, 0.1) is 0 Å². The highest BCUT2D eigenvalue weighted by Crippen LogP contribution is 2.41. The van der Waals surface area contributed by atoms with Gasteiger partial charge in [-0.05, 0) is 30.4 Å². The Kier molecular flexibility index (Phi) is 2.22. The molecule has 2 aliphatic rings. The molecule has 0 spiro atoms. The van der Waals surface area contributed by atoms with E-state index in [9.17, 15) is 0 Å². The SMILES string of the molecule is [CH]1SCCC2CCCCC12. The van der Waals surface area contributed by atoms with Gasteiger partial charge < -0.3 is 0 Å². The standard InChI is InChI=1S/C9H15S/c1-2-4-9-7-10-6-5-8(9)3-1/h7-9H,1-6H2. The Hall–Kier alpha value is 0.350. The van der Waals surface area contributed by atoms with E-state index in [1.54, 1.807) is 0 Å². The quantitative estimate of drug-likeness (QED) is 0.518. The molecule has 2 fully saturated rings. The van der Waals surface area contributed by atoms with Crippen molar-refractivity contribution in [3.63, 3.8) is 0 Å². The summed E-state index contributed by atoms with van der Waals surface area (Å²) in [5.41, 5.74) is 0. The second-order valence-corrected chi connectivity index (χ2v) is 4.52. The molecule has 0 bridgehead atoms. The maximum atomic E-state index is 2.51. The number of fused-ring (bicyclic) bond motifs is 1. The summed E-state index contributed by atoms with van der Waals surface area (Å²) in [7, 11) is 0. The number of rotatable bonds is 0. The zero-order chi connectivity index (χ0) is 6.81. The lowest BCUT2D eigenvalue weighted by atomic mass is 9.79.